The van der Waals surface area contributed by atoms with E-state index in [0.29, 0.717) is 19.5 Å². The van der Waals surface area contributed by atoms with Gasteiger partial charge in [-0.15, -0.1) is 0 Å². The molecule has 0 bridgehead atoms. The molecule has 1 saturated heterocycles. The molecule has 0 radical (unpaired) electrons. The monoisotopic (exact) mass is 241 g/mol. The maximum Gasteiger partial charge on any atom is 0.331 e. The van der Waals surface area contributed by atoms with E-state index in [4.69, 9.17) is 5.11 Å². The highest BCUT2D eigenvalue weighted by Crippen LogP contribution is 2.27. The molecule has 0 aromatic heterocycles. The van der Waals surface area contributed by atoms with E-state index in [1.807, 2.05) is 6.92 Å². The number of aliphatic carboxylic acids is 1. The minimum absolute atomic E-state index is 0.0564. The lowest BCUT2D eigenvalue weighted by molar-refractivity contribution is -0.152. The van der Waals surface area contributed by atoms with Gasteiger partial charge in [0.1, 0.15) is 0 Å². The van der Waals surface area contributed by atoms with Gasteiger partial charge in [0, 0.05) is 11.1 Å². The molecule has 1 heterocycles. The van der Waals surface area contributed by atoms with Crippen LogP contribution in [0.3, 0.4) is 0 Å². The Morgan fingerprint density at radius 2 is 1.76 bits per heavy atom. The maximum absolute atomic E-state index is 11.9. The van der Waals surface area contributed by atoms with Gasteiger partial charge in [-0.2, -0.15) is 0 Å². The lowest BCUT2D eigenvalue weighted by Crippen LogP contribution is -2.63. The fourth-order valence-corrected chi connectivity index (χ4v) is 1.99. The van der Waals surface area contributed by atoms with Crippen LogP contribution in [0.4, 0.5) is 0 Å². The van der Waals surface area contributed by atoms with Gasteiger partial charge in [0.2, 0.25) is 5.91 Å². The molecule has 2 N–H and O–H groups in total. The third kappa shape index (κ3) is 2.85. The van der Waals surface area contributed by atoms with Crippen molar-refractivity contribution in [3.05, 3.63) is 11.1 Å². The Bertz CT molecular complexity index is 367. The Hall–Kier alpha value is -1.36. The fraction of sp³-hybridized carbons (Fsp3) is 0.667. The molecule has 0 aliphatic carbocycles. The number of aliphatic hydroxyl groups is 1. The summed E-state index contributed by atoms with van der Waals surface area (Å²) in [6.07, 6.45) is 1.53. The topological polar surface area (TPSA) is 77.8 Å². The van der Waals surface area contributed by atoms with Gasteiger partial charge in [-0.1, -0.05) is 13.3 Å². The van der Waals surface area contributed by atoms with E-state index in [2.05, 4.69) is 0 Å². The van der Waals surface area contributed by atoms with Crippen molar-refractivity contribution in [3.63, 3.8) is 0 Å². The van der Waals surface area contributed by atoms with E-state index >= 15 is 0 Å². The zero-order valence-electron chi connectivity index (χ0n) is 10.5. The molecule has 1 aliphatic heterocycles. The average Bonchev–Trinajstić information content (AvgIpc) is 2.22. The number of hydrogen-bond acceptors (Lipinski definition) is 3. The Morgan fingerprint density at radius 3 is 2.18 bits per heavy atom. The van der Waals surface area contributed by atoms with Crippen LogP contribution in [0.1, 0.15) is 33.6 Å². The van der Waals surface area contributed by atoms with Gasteiger partial charge in [-0.05, 0) is 20.3 Å². The number of carboxylic acid groups (broad SMARTS) is 1. The number of amides is 1. The third-order valence-corrected chi connectivity index (χ3v) is 3.18. The number of carbonyl (C=O) groups excluding carboxylic acids is 1. The van der Waals surface area contributed by atoms with E-state index in [9.17, 15) is 14.7 Å². The molecule has 17 heavy (non-hydrogen) atoms. The molecule has 1 amide bonds. The minimum atomic E-state index is -1.08. The molecule has 5 heteroatoms. The lowest BCUT2D eigenvalue weighted by Gasteiger charge is -2.46. The van der Waals surface area contributed by atoms with Crippen molar-refractivity contribution in [3.8, 4) is 0 Å². The van der Waals surface area contributed by atoms with Crippen LogP contribution >= 0.6 is 0 Å². The second-order valence-electron chi connectivity index (χ2n) is 4.69. The Kier molecular flexibility index (Phi) is 3.93. The highest BCUT2D eigenvalue weighted by Gasteiger charge is 2.43. The van der Waals surface area contributed by atoms with Crippen molar-refractivity contribution in [2.45, 2.75) is 39.2 Å². The van der Waals surface area contributed by atoms with Gasteiger partial charge >= 0.3 is 5.97 Å². The van der Waals surface area contributed by atoms with Crippen LogP contribution in [0.25, 0.3) is 0 Å². The molecule has 0 aromatic carbocycles. The standard InChI is InChI=1S/C12H19NO4/c1-4-5-12(17)6-13(7-12)10(14)8(2)9(3)11(15)16/h17H,4-7H2,1-3H3,(H,15,16). The number of hydrogen-bond donors (Lipinski definition) is 2. The molecule has 0 atom stereocenters. The number of likely N-dealkylation sites (tertiary alicyclic amines) is 1. The SMILES string of the molecule is CCCC1(O)CN(C(=O)C(C)=C(C)C(=O)O)C1. The number of β-amino-alcohol motifs (C(OH)–C–C–N with tert-alkyl or cyclic N) is 1. The maximum atomic E-state index is 11.9. The molecule has 0 saturated carbocycles. The molecule has 0 unspecified atom stereocenters. The van der Waals surface area contributed by atoms with Gasteiger partial charge in [-0.3, -0.25) is 4.79 Å². The van der Waals surface area contributed by atoms with E-state index in [1.54, 1.807) is 0 Å². The molecule has 1 rings (SSSR count). The Labute approximate surface area is 101 Å². The number of nitrogens with zero attached hydrogens (tertiary/aromatic N) is 1. The summed E-state index contributed by atoms with van der Waals surface area (Å²) in [5.74, 6) is -1.38. The highest BCUT2D eigenvalue weighted by molar-refractivity contribution is 6.01. The van der Waals surface area contributed by atoms with E-state index in [0.717, 1.165) is 6.42 Å². The van der Waals surface area contributed by atoms with Crippen molar-refractivity contribution in [2.75, 3.05) is 13.1 Å². The largest absolute Gasteiger partial charge is 0.478 e. The summed E-state index contributed by atoms with van der Waals surface area (Å²) in [5.41, 5.74) is -0.487. The summed E-state index contributed by atoms with van der Waals surface area (Å²) in [6, 6.07) is 0. The molecule has 0 spiro atoms. The van der Waals surface area contributed by atoms with Gasteiger partial charge in [0.05, 0.1) is 18.7 Å². The van der Waals surface area contributed by atoms with Gasteiger partial charge in [0.15, 0.2) is 0 Å². The summed E-state index contributed by atoms with van der Waals surface area (Å²) in [7, 11) is 0. The van der Waals surface area contributed by atoms with Crippen molar-refractivity contribution in [2.24, 2.45) is 0 Å². The van der Waals surface area contributed by atoms with Crippen LogP contribution in [0.15, 0.2) is 11.1 Å². The highest BCUT2D eigenvalue weighted by atomic mass is 16.4. The Balaban J connectivity index is 2.64. The van der Waals surface area contributed by atoms with E-state index in [1.165, 1.54) is 18.7 Å². The summed E-state index contributed by atoms with van der Waals surface area (Å²) < 4.78 is 0. The average molecular weight is 241 g/mol. The van der Waals surface area contributed by atoms with Crippen molar-refractivity contribution < 1.29 is 19.8 Å². The van der Waals surface area contributed by atoms with Crippen molar-refractivity contribution >= 4 is 11.9 Å². The summed E-state index contributed by atoms with van der Waals surface area (Å²) in [6.45, 7) is 5.48. The quantitative estimate of drug-likeness (QED) is 0.713. The zero-order chi connectivity index (χ0) is 13.2. The first kappa shape index (κ1) is 13.7. The molecule has 0 aromatic rings. The molecular formula is C12H19NO4. The van der Waals surface area contributed by atoms with Crippen LogP contribution in [-0.2, 0) is 9.59 Å². The predicted molar refractivity (Wildman–Crippen MR) is 62.4 cm³/mol. The minimum Gasteiger partial charge on any atom is -0.478 e. The first-order chi connectivity index (χ1) is 7.80. The second-order valence-corrected chi connectivity index (χ2v) is 4.69. The molecule has 96 valence electrons. The lowest BCUT2D eigenvalue weighted by atomic mass is 9.88. The smallest absolute Gasteiger partial charge is 0.331 e. The predicted octanol–water partition coefficient (Wildman–Crippen LogP) is 0.781. The first-order valence-electron chi connectivity index (χ1n) is 5.73. The van der Waals surface area contributed by atoms with Crippen LogP contribution in [0.5, 0.6) is 0 Å². The van der Waals surface area contributed by atoms with Crippen molar-refractivity contribution in [1.82, 2.24) is 4.90 Å². The summed E-state index contributed by atoms with van der Waals surface area (Å²) >= 11 is 0. The molecular weight excluding hydrogens is 222 g/mol. The summed E-state index contributed by atoms with van der Waals surface area (Å²) in [4.78, 5) is 24.1. The summed E-state index contributed by atoms with van der Waals surface area (Å²) in [5, 5.41) is 18.7. The molecule has 5 nitrogen and oxygen atoms in total. The van der Waals surface area contributed by atoms with Crippen LogP contribution in [-0.4, -0.2) is 45.7 Å². The van der Waals surface area contributed by atoms with Gasteiger partial charge in [-0.25, -0.2) is 4.79 Å². The van der Waals surface area contributed by atoms with Crippen LogP contribution < -0.4 is 0 Å². The van der Waals surface area contributed by atoms with Crippen LogP contribution in [0, 0.1) is 0 Å². The van der Waals surface area contributed by atoms with Gasteiger partial charge in [0.25, 0.3) is 0 Å². The van der Waals surface area contributed by atoms with E-state index in [-0.39, 0.29) is 17.1 Å². The van der Waals surface area contributed by atoms with E-state index < -0.39 is 11.6 Å². The van der Waals surface area contributed by atoms with Gasteiger partial charge < -0.3 is 15.1 Å². The first-order valence-corrected chi connectivity index (χ1v) is 5.73. The zero-order valence-corrected chi connectivity index (χ0v) is 10.5. The molecule has 1 aliphatic rings. The third-order valence-electron chi connectivity index (χ3n) is 3.18. The second kappa shape index (κ2) is 4.87. The number of carbonyl (C=O) groups is 2. The fourth-order valence-electron chi connectivity index (χ4n) is 1.99. The Morgan fingerprint density at radius 1 is 1.24 bits per heavy atom. The van der Waals surface area contributed by atoms with Crippen LogP contribution in [0.2, 0.25) is 0 Å². The number of carboxylic acids is 1. The molecule has 1 fully saturated rings. The normalized spacial score (nSPS) is 19.4. The van der Waals surface area contributed by atoms with Crippen molar-refractivity contribution in [1.29, 1.82) is 0 Å². The number of rotatable bonds is 4.